The summed E-state index contributed by atoms with van der Waals surface area (Å²) in [5.41, 5.74) is 25.1. The minimum atomic E-state index is -0.884. The van der Waals surface area contributed by atoms with Crippen molar-refractivity contribution < 1.29 is 19.4 Å². The Labute approximate surface area is 158 Å². The Hall–Kier alpha value is -3.42. The maximum absolute atomic E-state index is 11.4. The summed E-state index contributed by atoms with van der Waals surface area (Å²) in [5, 5.41) is 8.74. The van der Waals surface area contributed by atoms with Gasteiger partial charge in [-0.25, -0.2) is 4.79 Å². The Kier molecular flexibility index (Phi) is 7.93. The van der Waals surface area contributed by atoms with E-state index in [0.717, 1.165) is 6.42 Å². The van der Waals surface area contributed by atoms with Gasteiger partial charge in [-0.15, -0.1) is 0 Å². The fraction of sp³-hybridized carbons (Fsp3) is 0.263. The highest BCUT2D eigenvalue weighted by Crippen LogP contribution is 2.21. The zero-order valence-corrected chi connectivity index (χ0v) is 15.4. The molecule has 8 heteroatoms. The van der Waals surface area contributed by atoms with Crippen molar-refractivity contribution in [3.63, 3.8) is 0 Å². The van der Waals surface area contributed by atoms with Crippen LogP contribution in [0.1, 0.15) is 42.1 Å². The molecule has 0 spiro atoms. The van der Waals surface area contributed by atoms with Gasteiger partial charge in [-0.3, -0.25) is 4.79 Å². The predicted molar refractivity (Wildman–Crippen MR) is 107 cm³/mol. The van der Waals surface area contributed by atoms with Crippen molar-refractivity contribution in [3.8, 4) is 0 Å². The van der Waals surface area contributed by atoms with Gasteiger partial charge in [-0.05, 0) is 55.3 Å². The van der Waals surface area contributed by atoms with E-state index in [4.69, 9.17) is 32.8 Å². The van der Waals surface area contributed by atoms with Crippen molar-refractivity contribution in [1.29, 1.82) is 0 Å². The molecule has 2 aromatic rings. The molecule has 0 saturated heterocycles. The third kappa shape index (κ3) is 7.15. The number of hydrogen-bond donors (Lipinski definition) is 5. The number of anilines is 4. The normalized spacial score (nSPS) is 11.0. The first-order valence-electron chi connectivity index (χ1n) is 8.36. The monoisotopic (exact) mass is 374 g/mol. The molecule has 9 N–H and O–H groups in total. The van der Waals surface area contributed by atoms with Gasteiger partial charge in [0.15, 0.2) is 0 Å². The second-order valence-electron chi connectivity index (χ2n) is 6.02. The predicted octanol–water partition coefficient (Wildman–Crippen LogP) is 2.46. The number of carbonyl (C=O) groups is 2. The van der Waals surface area contributed by atoms with Crippen molar-refractivity contribution in [2.24, 2.45) is 0 Å². The van der Waals surface area contributed by atoms with E-state index >= 15 is 0 Å². The largest absolute Gasteiger partial charge is 0.481 e. The maximum atomic E-state index is 11.4. The van der Waals surface area contributed by atoms with E-state index in [-0.39, 0.29) is 5.97 Å². The van der Waals surface area contributed by atoms with Crippen LogP contribution in [-0.2, 0) is 9.53 Å². The van der Waals surface area contributed by atoms with Gasteiger partial charge in [0.05, 0.1) is 18.1 Å². The minimum absolute atomic E-state index is 0.383. The molecule has 1 atom stereocenters. The molecular weight excluding hydrogens is 348 g/mol. The van der Waals surface area contributed by atoms with Gasteiger partial charge in [0.1, 0.15) is 0 Å². The highest BCUT2D eigenvalue weighted by molar-refractivity contribution is 5.91. The van der Waals surface area contributed by atoms with E-state index in [1.807, 2.05) is 6.92 Å². The standard InChI is InChI=1S/C10H14N2O2.C9H12N2O2/c1-2-3-14-10(13)7-4-8(11)6-9(12)5-7;1-5(9(12)13)6-2-7(10)4-8(11)3-6/h4-6H,2-3,11-12H2,1H3;2-5H,10-11H2,1H3,(H,12,13). The smallest absolute Gasteiger partial charge is 0.338 e. The molecule has 0 saturated carbocycles. The van der Waals surface area contributed by atoms with Crippen molar-refractivity contribution in [2.75, 3.05) is 29.5 Å². The van der Waals surface area contributed by atoms with E-state index in [2.05, 4.69) is 0 Å². The number of carbonyl (C=O) groups excluding carboxylic acids is 1. The average Bonchev–Trinajstić information content (AvgIpc) is 2.57. The van der Waals surface area contributed by atoms with E-state index in [1.165, 1.54) is 0 Å². The number of carboxylic acids is 1. The molecule has 0 aliphatic heterocycles. The number of benzene rings is 2. The fourth-order valence-corrected chi connectivity index (χ4v) is 2.17. The number of nitrogen functional groups attached to an aromatic ring is 4. The molecule has 146 valence electrons. The number of rotatable bonds is 5. The lowest BCUT2D eigenvalue weighted by Gasteiger charge is -2.08. The number of ether oxygens (including phenoxy) is 1. The van der Waals surface area contributed by atoms with E-state index in [0.29, 0.717) is 40.5 Å². The average molecular weight is 374 g/mol. The summed E-state index contributed by atoms with van der Waals surface area (Å²) in [6.07, 6.45) is 0.795. The molecule has 0 radical (unpaired) electrons. The lowest BCUT2D eigenvalue weighted by atomic mass is 10.0. The first-order valence-corrected chi connectivity index (χ1v) is 8.36. The molecule has 0 bridgehead atoms. The van der Waals surface area contributed by atoms with Crippen LogP contribution >= 0.6 is 0 Å². The Bertz CT molecular complexity index is 768. The van der Waals surface area contributed by atoms with Gasteiger partial charge in [-0.2, -0.15) is 0 Å². The second kappa shape index (κ2) is 9.91. The molecule has 0 amide bonds. The van der Waals surface area contributed by atoms with Crippen LogP contribution in [0, 0.1) is 0 Å². The summed E-state index contributed by atoms with van der Waals surface area (Å²) in [6, 6.07) is 9.53. The highest BCUT2D eigenvalue weighted by Gasteiger charge is 2.14. The lowest BCUT2D eigenvalue weighted by Crippen LogP contribution is -2.08. The summed E-state index contributed by atoms with van der Waals surface area (Å²) in [6.45, 7) is 3.94. The van der Waals surface area contributed by atoms with Crippen molar-refractivity contribution in [1.82, 2.24) is 0 Å². The summed E-state index contributed by atoms with van der Waals surface area (Å²) in [4.78, 5) is 22.0. The van der Waals surface area contributed by atoms with Crippen molar-refractivity contribution >= 4 is 34.7 Å². The number of nitrogens with two attached hydrogens (primary N) is 4. The number of carboxylic acid groups (broad SMARTS) is 1. The summed E-state index contributed by atoms with van der Waals surface area (Å²) < 4.78 is 4.94. The third-order valence-corrected chi connectivity index (χ3v) is 3.52. The van der Waals surface area contributed by atoms with Gasteiger partial charge < -0.3 is 32.8 Å². The van der Waals surface area contributed by atoms with Crippen LogP contribution in [-0.4, -0.2) is 23.7 Å². The molecule has 2 aromatic carbocycles. The summed E-state index contributed by atoms with van der Waals surface area (Å²) >= 11 is 0. The van der Waals surface area contributed by atoms with Crippen molar-refractivity contribution in [2.45, 2.75) is 26.2 Å². The lowest BCUT2D eigenvalue weighted by molar-refractivity contribution is -0.138. The van der Waals surface area contributed by atoms with Crippen LogP contribution in [0.5, 0.6) is 0 Å². The number of esters is 1. The molecular formula is C19H26N4O4. The molecule has 0 aliphatic rings. The molecule has 0 aromatic heterocycles. The maximum Gasteiger partial charge on any atom is 0.338 e. The molecule has 1 unspecified atom stereocenters. The van der Waals surface area contributed by atoms with Crippen LogP contribution in [0.2, 0.25) is 0 Å². The SMILES string of the molecule is CC(C(=O)O)c1cc(N)cc(N)c1.CCCOC(=O)c1cc(N)cc(N)c1. The number of hydrogen-bond acceptors (Lipinski definition) is 7. The zero-order chi connectivity index (χ0) is 20.6. The minimum Gasteiger partial charge on any atom is -0.481 e. The third-order valence-electron chi connectivity index (χ3n) is 3.52. The topological polar surface area (TPSA) is 168 Å². The molecule has 8 nitrogen and oxygen atoms in total. The van der Waals surface area contributed by atoms with Gasteiger partial charge in [0.25, 0.3) is 0 Å². The van der Waals surface area contributed by atoms with Gasteiger partial charge >= 0.3 is 11.9 Å². The van der Waals surface area contributed by atoms with Crippen LogP contribution in [0.25, 0.3) is 0 Å². The van der Waals surface area contributed by atoms with Crippen LogP contribution in [0.3, 0.4) is 0 Å². The molecule has 0 fully saturated rings. The first kappa shape index (κ1) is 21.6. The fourth-order valence-electron chi connectivity index (χ4n) is 2.17. The quantitative estimate of drug-likeness (QED) is 0.393. The first-order chi connectivity index (χ1) is 12.6. The van der Waals surface area contributed by atoms with E-state index < -0.39 is 11.9 Å². The van der Waals surface area contributed by atoms with Crippen molar-refractivity contribution in [3.05, 3.63) is 47.5 Å². The molecule has 27 heavy (non-hydrogen) atoms. The van der Waals surface area contributed by atoms with Gasteiger partial charge in [-0.1, -0.05) is 6.92 Å². The Morgan fingerprint density at radius 3 is 1.78 bits per heavy atom. The number of aliphatic carboxylic acids is 1. The van der Waals surface area contributed by atoms with Gasteiger partial charge in [0.2, 0.25) is 0 Å². The Morgan fingerprint density at radius 1 is 0.926 bits per heavy atom. The Balaban J connectivity index is 0.000000271. The molecule has 0 aliphatic carbocycles. The van der Waals surface area contributed by atoms with Crippen LogP contribution in [0.4, 0.5) is 22.7 Å². The van der Waals surface area contributed by atoms with E-state index in [9.17, 15) is 9.59 Å². The summed E-state index contributed by atoms with van der Waals surface area (Å²) in [5.74, 6) is -1.85. The zero-order valence-electron chi connectivity index (χ0n) is 15.4. The van der Waals surface area contributed by atoms with Crippen LogP contribution < -0.4 is 22.9 Å². The second-order valence-corrected chi connectivity index (χ2v) is 6.02. The van der Waals surface area contributed by atoms with E-state index in [1.54, 1.807) is 43.3 Å². The van der Waals surface area contributed by atoms with Crippen LogP contribution in [0.15, 0.2) is 36.4 Å². The highest BCUT2D eigenvalue weighted by atomic mass is 16.5. The molecule has 0 heterocycles. The molecule has 2 rings (SSSR count). The Morgan fingerprint density at radius 2 is 1.37 bits per heavy atom. The summed E-state index contributed by atoms with van der Waals surface area (Å²) in [7, 11) is 0. The van der Waals surface area contributed by atoms with Gasteiger partial charge in [0, 0.05) is 22.7 Å².